The van der Waals surface area contributed by atoms with Gasteiger partial charge in [0.15, 0.2) is 5.78 Å². The van der Waals surface area contributed by atoms with Crippen LogP contribution in [-0.2, 0) is 4.79 Å². The molecule has 136 valence electrons. The zero-order valence-corrected chi connectivity index (χ0v) is 15.7. The lowest BCUT2D eigenvalue weighted by Crippen LogP contribution is -2.10. The van der Waals surface area contributed by atoms with Gasteiger partial charge < -0.3 is 10.6 Å². The van der Waals surface area contributed by atoms with Crippen LogP contribution < -0.4 is 10.6 Å². The van der Waals surface area contributed by atoms with Crippen molar-refractivity contribution in [2.45, 2.75) is 13.8 Å². The molecule has 5 nitrogen and oxygen atoms in total. The van der Waals surface area contributed by atoms with Crippen LogP contribution >= 0.6 is 11.3 Å². The molecule has 1 heterocycles. The van der Waals surface area contributed by atoms with Crippen LogP contribution in [0, 0.1) is 0 Å². The summed E-state index contributed by atoms with van der Waals surface area (Å²) >= 11 is 1.36. The van der Waals surface area contributed by atoms with E-state index in [-0.39, 0.29) is 17.6 Å². The minimum atomic E-state index is -0.207. The van der Waals surface area contributed by atoms with E-state index in [4.69, 9.17) is 0 Å². The Hall–Kier alpha value is -3.25. The number of amides is 2. The van der Waals surface area contributed by atoms with E-state index in [0.717, 1.165) is 10.4 Å². The smallest absolute Gasteiger partial charge is 0.265 e. The second kappa shape index (κ2) is 7.97. The van der Waals surface area contributed by atoms with Crippen LogP contribution in [0.15, 0.2) is 60.7 Å². The fourth-order valence-corrected chi connectivity index (χ4v) is 3.44. The van der Waals surface area contributed by atoms with Gasteiger partial charge in [-0.05, 0) is 55.0 Å². The first kappa shape index (κ1) is 18.5. The van der Waals surface area contributed by atoms with E-state index in [9.17, 15) is 14.4 Å². The summed E-state index contributed by atoms with van der Waals surface area (Å²) in [6.45, 7) is 2.97. The van der Waals surface area contributed by atoms with Gasteiger partial charge in [-0.2, -0.15) is 0 Å². The van der Waals surface area contributed by atoms with Crippen LogP contribution in [0.3, 0.4) is 0 Å². The standard InChI is InChI=1S/C21H18N2O3S/c1-13(24)15-4-3-5-16(12-15)19-10-11-20(27-19)21(26)23-18-8-6-17(7-9-18)22-14(2)25/h3-12H,1-2H3,(H,22,25)(H,23,26). The Morgan fingerprint density at radius 2 is 1.48 bits per heavy atom. The van der Waals surface area contributed by atoms with Gasteiger partial charge in [0.25, 0.3) is 5.91 Å². The first-order valence-corrected chi connectivity index (χ1v) is 9.14. The summed E-state index contributed by atoms with van der Waals surface area (Å²) in [4.78, 5) is 36.6. The molecule has 0 bridgehead atoms. The molecular weight excluding hydrogens is 360 g/mol. The fourth-order valence-electron chi connectivity index (χ4n) is 2.54. The molecule has 6 heteroatoms. The number of thiophene rings is 1. The maximum atomic E-state index is 12.5. The summed E-state index contributed by atoms with van der Waals surface area (Å²) < 4.78 is 0. The maximum absolute atomic E-state index is 12.5. The number of carbonyl (C=O) groups excluding carboxylic acids is 3. The van der Waals surface area contributed by atoms with Crippen molar-refractivity contribution in [3.63, 3.8) is 0 Å². The van der Waals surface area contributed by atoms with Gasteiger partial charge in [0.2, 0.25) is 5.91 Å². The molecule has 0 fully saturated rings. The van der Waals surface area contributed by atoms with E-state index in [0.29, 0.717) is 21.8 Å². The van der Waals surface area contributed by atoms with Crippen molar-refractivity contribution in [3.05, 3.63) is 71.1 Å². The molecule has 27 heavy (non-hydrogen) atoms. The van der Waals surface area contributed by atoms with E-state index in [1.165, 1.54) is 25.2 Å². The van der Waals surface area contributed by atoms with Crippen molar-refractivity contribution in [2.75, 3.05) is 10.6 Å². The van der Waals surface area contributed by atoms with Crippen LogP contribution in [0.4, 0.5) is 11.4 Å². The van der Waals surface area contributed by atoms with Gasteiger partial charge in [-0.3, -0.25) is 14.4 Å². The Kier molecular flexibility index (Phi) is 5.47. The highest BCUT2D eigenvalue weighted by atomic mass is 32.1. The van der Waals surface area contributed by atoms with Crippen molar-refractivity contribution in [2.24, 2.45) is 0 Å². The highest BCUT2D eigenvalue weighted by molar-refractivity contribution is 7.17. The molecule has 0 spiro atoms. The van der Waals surface area contributed by atoms with Crippen LogP contribution in [0.2, 0.25) is 0 Å². The van der Waals surface area contributed by atoms with E-state index < -0.39 is 0 Å². The lowest BCUT2D eigenvalue weighted by molar-refractivity contribution is -0.114. The number of carbonyl (C=O) groups is 3. The van der Waals surface area contributed by atoms with Gasteiger partial charge in [-0.15, -0.1) is 11.3 Å². The largest absolute Gasteiger partial charge is 0.326 e. The second-order valence-corrected chi connectivity index (χ2v) is 7.10. The van der Waals surface area contributed by atoms with Gasteiger partial charge in [0.05, 0.1) is 4.88 Å². The minimum Gasteiger partial charge on any atom is -0.326 e. The summed E-state index contributed by atoms with van der Waals surface area (Å²) in [6, 6.07) is 17.9. The molecule has 0 saturated carbocycles. The number of hydrogen-bond acceptors (Lipinski definition) is 4. The van der Waals surface area contributed by atoms with Gasteiger partial charge >= 0.3 is 0 Å². The van der Waals surface area contributed by atoms with Crippen molar-refractivity contribution in [1.82, 2.24) is 0 Å². The normalized spacial score (nSPS) is 10.3. The number of anilines is 2. The number of nitrogens with one attached hydrogen (secondary N) is 2. The first-order chi connectivity index (χ1) is 12.9. The van der Waals surface area contributed by atoms with Crippen molar-refractivity contribution in [1.29, 1.82) is 0 Å². The maximum Gasteiger partial charge on any atom is 0.265 e. The van der Waals surface area contributed by atoms with Crippen LogP contribution in [0.25, 0.3) is 10.4 Å². The molecular formula is C21H18N2O3S. The summed E-state index contributed by atoms with van der Waals surface area (Å²) in [5.41, 5.74) is 2.87. The Labute approximate surface area is 161 Å². The molecule has 0 aliphatic rings. The van der Waals surface area contributed by atoms with Gasteiger partial charge in [-0.1, -0.05) is 18.2 Å². The zero-order valence-electron chi connectivity index (χ0n) is 14.9. The molecule has 2 N–H and O–H groups in total. The van der Waals surface area contributed by atoms with Crippen LogP contribution in [-0.4, -0.2) is 17.6 Å². The fraction of sp³-hybridized carbons (Fsp3) is 0.0952. The molecule has 0 aliphatic heterocycles. The van der Waals surface area contributed by atoms with E-state index in [1.807, 2.05) is 24.3 Å². The Morgan fingerprint density at radius 3 is 2.11 bits per heavy atom. The monoisotopic (exact) mass is 378 g/mol. The molecule has 3 aromatic rings. The van der Waals surface area contributed by atoms with Gasteiger partial charge in [-0.25, -0.2) is 0 Å². The third kappa shape index (κ3) is 4.68. The first-order valence-electron chi connectivity index (χ1n) is 8.32. The second-order valence-electron chi connectivity index (χ2n) is 6.01. The third-order valence-corrected chi connectivity index (χ3v) is 4.98. The predicted octanol–water partition coefficient (Wildman–Crippen LogP) is 4.83. The molecule has 0 unspecified atom stereocenters. The number of ketones is 1. The van der Waals surface area contributed by atoms with E-state index in [2.05, 4.69) is 10.6 Å². The molecule has 1 aromatic heterocycles. The highest BCUT2D eigenvalue weighted by Crippen LogP contribution is 2.29. The van der Waals surface area contributed by atoms with Crippen LogP contribution in [0.5, 0.6) is 0 Å². The molecule has 0 saturated heterocycles. The molecule has 0 atom stereocenters. The Morgan fingerprint density at radius 1 is 0.815 bits per heavy atom. The molecule has 2 amide bonds. The van der Waals surface area contributed by atoms with Gasteiger partial charge in [0, 0.05) is 28.7 Å². The van der Waals surface area contributed by atoms with E-state index in [1.54, 1.807) is 36.4 Å². The predicted molar refractivity (Wildman–Crippen MR) is 108 cm³/mol. The van der Waals surface area contributed by atoms with E-state index >= 15 is 0 Å². The average molecular weight is 378 g/mol. The molecule has 0 aliphatic carbocycles. The zero-order chi connectivity index (χ0) is 19.4. The summed E-state index contributed by atoms with van der Waals surface area (Å²) in [6.07, 6.45) is 0. The lowest BCUT2D eigenvalue weighted by atomic mass is 10.1. The molecule has 3 rings (SSSR count). The van der Waals surface area contributed by atoms with Crippen molar-refractivity contribution >= 4 is 40.3 Å². The summed E-state index contributed by atoms with van der Waals surface area (Å²) in [7, 11) is 0. The van der Waals surface area contributed by atoms with Crippen LogP contribution in [0.1, 0.15) is 33.9 Å². The summed E-state index contributed by atoms with van der Waals surface area (Å²) in [5.74, 6) is -0.345. The number of Topliss-reactive ketones (excluding diaryl/α,β-unsaturated/α-hetero) is 1. The molecule has 2 aromatic carbocycles. The Balaban J connectivity index is 1.72. The van der Waals surface area contributed by atoms with Crippen molar-refractivity contribution < 1.29 is 14.4 Å². The number of rotatable bonds is 5. The summed E-state index contributed by atoms with van der Waals surface area (Å²) in [5, 5.41) is 5.52. The minimum absolute atomic E-state index is 0.00841. The average Bonchev–Trinajstić information content (AvgIpc) is 3.13. The lowest BCUT2D eigenvalue weighted by Gasteiger charge is -2.06. The Bertz CT molecular complexity index is 1010. The third-order valence-electron chi connectivity index (χ3n) is 3.85. The number of hydrogen-bond donors (Lipinski definition) is 2. The SMILES string of the molecule is CC(=O)Nc1ccc(NC(=O)c2ccc(-c3cccc(C(C)=O)c3)s2)cc1. The highest BCUT2D eigenvalue weighted by Gasteiger charge is 2.11. The molecule has 0 radical (unpaired) electrons. The van der Waals surface area contributed by atoms with Gasteiger partial charge in [0.1, 0.15) is 0 Å². The quantitative estimate of drug-likeness (QED) is 0.625. The number of benzene rings is 2. The van der Waals surface area contributed by atoms with Crippen molar-refractivity contribution in [3.8, 4) is 10.4 Å². The topological polar surface area (TPSA) is 75.3 Å².